The number of amides is 1. The number of rotatable bonds is 2. The number of nitrogens with one attached hydrogen (secondary N) is 1. The van der Waals surface area contributed by atoms with E-state index in [2.05, 4.69) is 20.4 Å². The van der Waals surface area contributed by atoms with Crippen molar-refractivity contribution in [2.24, 2.45) is 0 Å². The summed E-state index contributed by atoms with van der Waals surface area (Å²) in [5.74, 6) is -0.0472. The summed E-state index contributed by atoms with van der Waals surface area (Å²) in [4.78, 5) is 23.4. The fourth-order valence-corrected chi connectivity index (χ4v) is 2.95. The Morgan fingerprint density at radius 3 is 3.09 bits per heavy atom. The fourth-order valence-electron chi connectivity index (χ4n) is 2.95. The van der Waals surface area contributed by atoms with Gasteiger partial charge >= 0.3 is 0 Å². The van der Waals surface area contributed by atoms with Crippen LogP contribution in [0.1, 0.15) is 22.0 Å². The Morgan fingerprint density at radius 1 is 1.26 bits per heavy atom. The first-order valence-electron chi connectivity index (χ1n) is 7.54. The first-order valence-corrected chi connectivity index (χ1v) is 7.54. The van der Waals surface area contributed by atoms with Gasteiger partial charge in [-0.2, -0.15) is 5.10 Å². The molecule has 116 valence electrons. The van der Waals surface area contributed by atoms with Gasteiger partial charge in [0.25, 0.3) is 5.91 Å². The Balaban J connectivity index is 1.71. The third-order valence-corrected chi connectivity index (χ3v) is 4.08. The Hall–Kier alpha value is -2.80. The van der Waals surface area contributed by atoms with E-state index >= 15 is 0 Å². The van der Waals surface area contributed by atoms with Crippen molar-refractivity contribution in [3.05, 3.63) is 60.3 Å². The molecule has 3 aromatic heterocycles. The van der Waals surface area contributed by atoms with Crippen LogP contribution in [0.3, 0.4) is 0 Å². The molecule has 0 aromatic carbocycles. The minimum atomic E-state index is -0.0472. The van der Waals surface area contributed by atoms with E-state index in [9.17, 15) is 4.79 Å². The third-order valence-electron chi connectivity index (χ3n) is 4.08. The summed E-state index contributed by atoms with van der Waals surface area (Å²) in [6, 6.07) is 5.64. The van der Waals surface area contributed by atoms with Gasteiger partial charge in [-0.3, -0.25) is 9.78 Å². The van der Waals surface area contributed by atoms with Crippen LogP contribution in [0.5, 0.6) is 0 Å². The highest BCUT2D eigenvalue weighted by molar-refractivity contribution is 5.99. The van der Waals surface area contributed by atoms with Crippen LogP contribution in [0, 0.1) is 0 Å². The van der Waals surface area contributed by atoms with Crippen molar-refractivity contribution < 1.29 is 4.79 Å². The molecule has 3 aromatic rings. The van der Waals surface area contributed by atoms with Crippen molar-refractivity contribution >= 4 is 11.6 Å². The summed E-state index contributed by atoms with van der Waals surface area (Å²) in [6.07, 6.45) is 8.60. The Morgan fingerprint density at radius 2 is 2.22 bits per heavy atom. The van der Waals surface area contributed by atoms with Gasteiger partial charge in [0.05, 0.1) is 12.2 Å². The average Bonchev–Trinajstić information content (AvgIpc) is 3.06. The van der Waals surface area contributed by atoms with Crippen molar-refractivity contribution in [1.29, 1.82) is 0 Å². The van der Waals surface area contributed by atoms with Gasteiger partial charge in [0, 0.05) is 44.4 Å². The molecule has 1 fully saturated rings. The highest BCUT2D eigenvalue weighted by atomic mass is 16.2. The van der Waals surface area contributed by atoms with Crippen molar-refractivity contribution in [1.82, 2.24) is 29.8 Å². The molecule has 0 spiro atoms. The standard InChI is InChI=1S/C16H16N6O/c23-16(13-10-20-22-7-2-5-19-15(13)22)21-8-6-18-11-14(21)12-3-1-4-17-9-12/h1-5,7,9-10,14,18H,6,8,11H2. The second-order valence-corrected chi connectivity index (χ2v) is 5.45. The number of aromatic nitrogens is 4. The molecule has 1 unspecified atom stereocenters. The monoisotopic (exact) mass is 308 g/mol. The molecule has 7 heteroatoms. The molecular formula is C16H16N6O. The Bertz CT molecular complexity index is 831. The van der Waals surface area contributed by atoms with E-state index < -0.39 is 0 Å². The lowest BCUT2D eigenvalue weighted by molar-refractivity contribution is 0.0636. The summed E-state index contributed by atoms with van der Waals surface area (Å²) in [5.41, 5.74) is 2.14. The number of piperazine rings is 1. The molecule has 0 bridgehead atoms. The molecule has 7 nitrogen and oxygen atoms in total. The second kappa shape index (κ2) is 5.77. The molecule has 1 aliphatic heterocycles. The molecule has 1 amide bonds. The summed E-state index contributed by atoms with van der Waals surface area (Å²) < 4.78 is 1.62. The van der Waals surface area contributed by atoms with Gasteiger partial charge in [-0.05, 0) is 17.7 Å². The predicted molar refractivity (Wildman–Crippen MR) is 83.9 cm³/mol. The van der Waals surface area contributed by atoms with Gasteiger partial charge < -0.3 is 10.2 Å². The zero-order chi connectivity index (χ0) is 15.6. The summed E-state index contributed by atoms with van der Waals surface area (Å²) in [6.45, 7) is 2.13. The van der Waals surface area contributed by atoms with Crippen LogP contribution in [0.4, 0.5) is 0 Å². The largest absolute Gasteiger partial charge is 0.329 e. The molecule has 0 aliphatic carbocycles. The molecule has 0 saturated carbocycles. The Labute approximate surface area is 133 Å². The minimum absolute atomic E-state index is 0.0383. The van der Waals surface area contributed by atoms with E-state index in [4.69, 9.17) is 0 Å². The molecule has 1 atom stereocenters. The van der Waals surface area contributed by atoms with E-state index in [1.165, 1.54) is 0 Å². The number of carbonyl (C=O) groups excluding carboxylic acids is 1. The zero-order valence-corrected chi connectivity index (χ0v) is 12.5. The van der Waals surface area contributed by atoms with E-state index in [1.54, 1.807) is 35.4 Å². The third kappa shape index (κ3) is 2.44. The second-order valence-electron chi connectivity index (χ2n) is 5.45. The van der Waals surface area contributed by atoms with Gasteiger partial charge in [0.1, 0.15) is 5.56 Å². The molecule has 0 radical (unpaired) electrons. The number of hydrogen-bond acceptors (Lipinski definition) is 5. The number of pyridine rings is 1. The van der Waals surface area contributed by atoms with E-state index in [0.29, 0.717) is 24.3 Å². The lowest BCUT2D eigenvalue weighted by Crippen LogP contribution is -2.48. The molecule has 4 heterocycles. The van der Waals surface area contributed by atoms with Crippen LogP contribution in [0.15, 0.2) is 49.2 Å². The molecule has 1 aliphatic rings. The summed E-state index contributed by atoms with van der Waals surface area (Å²) in [5, 5.41) is 7.55. The summed E-state index contributed by atoms with van der Waals surface area (Å²) in [7, 11) is 0. The lowest BCUT2D eigenvalue weighted by Gasteiger charge is -2.36. The van der Waals surface area contributed by atoms with Crippen molar-refractivity contribution in [3.8, 4) is 0 Å². The highest BCUT2D eigenvalue weighted by Gasteiger charge is 2.30. The van der Waals surface area contributed by atoms with Crippen molar-refractivity contribution in [2.75, 3.05) is 19.6 Å². The van der Waals surface area contributed by atoms with E-state index in [-0.39, 0.29) is 11.9 Å². The SMILES string of the molecule is O=C(c1cnn2cccnc12)N1CCNCC1c1cccnc1. The molecule has 1 saturated heterocycles. The maximum atomic E-state index is 13.0. The van der Waals surface area contributed by atoms with Crippen molar-refractivity contribution in [2.45, 2.75) is 6.04 Å². The van der Waals surface area contributed by atoms with Crippen LogP contribution in [0.25, 0.3) is 5.65 Å². The fraction of sp³-hybridized carbons (Fsp3) is 0.250. The molecular weight excluding hydrogens is 292 g/mol. The number of fused-ring (bicyclic) bond motifs is 1. The van der Waals surface area contributed by atoms with Gasteiger partial charge in [0.2, 0.25) is 0 Å². The van der Waals surface area contributed by atoms with Crippen LogP contribution in [-0.4, -0.2) is 50.0 Å². The van der Waals surface area contributed by atoms with Crippen molar-refractivity contribution in [3.63, 3.8) is 0 Å². The van der Waals surface area contributed by atoms with E-state index in [0.717, 1.165) is 12.1 Å². The van der Waals surface area contributed by atoms with Gasteiger partial charge in [-0.15, -0.1) is 0 Å². The van der Waals surface area contributed by atoms with E-state index in [1.807, 2.05) is 23.2 Å². The number of hydrogen-bond donors (Lipinski definition) is 1. The average molecular weight is 308 g/mol. The minimum Gasteiger partial charge on any atom is -0.329 e. The zero-order valence-electron chi connectivity index (χ0n) is 12.5. The first-order chi connectivity index (χ1) is 11.3. The smallest absolute Gasteiger partial charge is 0.259 e. The highest BCUT2D eigenvalue weighted by Crippen LogP contribution is 2.24. The van der Waals surface area contributed by atoms with Crippen LogP contribution in [0.2, 0.25) is 0 Å². The summed E-state index contributed by atoms with van der Waals surface area (Å²) >= 11 is 0. The molecule has 23 heavy (non-hydrogen) atoms. The van der Waals surface area contributed by atoms with Gasteiger partial charge in [-0.25, -0.2) is 9.50 Å². The molecule has 4 rings (SSSR count). The first kappa shape index (κ1) is 13.8. The number of nitrogens with zero attached hydrogens (tertiary/aromatic N) is 5. The number of carbonyl (C=O) groups is 1. The van der Waals surface area contributed by atoms with Crippen LogP contribution in [-0.2, 0) is 0 Å². The quantitative estimate of drug-likeness (QED) is 0.761. The normalized spacial score (nSPS) is 18.3. The lowest BCUT2D eigenvalue weighted by atomic mass is 10.0. The molecule has 1 N–H and O–H groups in total. The maximum Gasteiger partial charge on any atom is 0.259 e. The van der Waals surface area contributed by atoms with Gasteiger partial charge in [0.15, 0.2) is 5.65 Å². The van der Waals surface area contributed by atoms with Gasteiger partial charge in [-0.1, -0.05) is 6.07 Å². The predicted octanol–water partition coefficient (Wildman–Crippen LogP) is 0.911. The van der Waals surface area contributed by atoms with Crippen LogP contribution < -0.4 is 5.32 Å². The maximum absolute atomic E-state index is 13.0. The Kier molecular flexibility index (Phi) is 3.47. The van der Waals surface area contributed by atoms with Crippen LogP contribution >= 0.6 is 0 Å². The topological polar surface area (TPSA) is 75.4 Å².